The van der Waals surface area contributed by atoms with Crippen LogP contribution in [-0.4, -0.2) is 25.1 Å². The number of halogens is 1. The minimum Gasteiger partial charge on any atom is -0.496 e. The van der Waals surface area contributed by atoms with Gasteiger partial charge in [-0.2, -0.15) is 0 Å². The molecule has 0 amide bonds. The van der Waals surface area contributed by atoms with Gasteiger partial charge in [-0.15, -0.1) is 0 Å². The summed E-state index contributed by atoms with van der Waals surface area (Å²) in [6, 6.07) is 6.26. The number of rotatable bonds is 9. The second-order valence-electron chi connectivity index (χ2n) is 6.60. The van der Waals surface area contributed by atoms with Crippen LogP contribution in [0, 0.1) is 11.8 Å². The molecule has 3 heteroatoms. The highest BCUT2D eigenvalue weighted by atomic mass is 79.9. The van der Waals surface area contributed by atoms with E-state index in [1.165, 1.54) is 18.4 Å². The molecule has 120 valence electrons. The Bertz CT molecular complexity index is 406. The SMILES string of the molecule is COc1ccc(Br)cc1CN(CCC(C)C)CCC(C)C. The van der Waals surface area contributed by atoms with Gasteiger partial charge in [0.25, 0.3) is 0 Å². The Hall–Kier alpha value is -0.540. The second kappa shape index (κ2) is 9.47. The average molecular weight is 356 g/mol. The third-order valence-corrected chi connectivity index (χ3v) is 4.18. The van der Waals surface area contributed by atoms with Crippen LogP contribution in [0.15, 0.2) is 22.7 Å². The van der Waals surface area contributed by atoms with Crippen LogP contribution in [0.5, 0.6) is 5.75 Å². The maximum atomic E-state index is 5.50. The van der Waals surface area contributed by atoms with Gasteiger partial charge in [0.2, 0.25) is 0 Å². The molecule has 0 aliphatic rings. The Balaban J connectivity index is 2.76. The molecule has 0 radical (unpaired) electrons. The van der Waals surface area contributed by atoms with Gasteiger partial charge >= 0.3 is 0 Å². The van der Waals surface area contributed by atoms with Gasteiger partial charge in [0.05, 0.1) is 7.11 Å². The molecule has 1 aromatic carbocycles. The summed E-state index contributed by atoms with van der Waals surface area (Å²) in [7, 11) is 1.75. The van der Waals surface area contributed by atoms with Gasteiger partial charge in [0, 0.05) is 16.6 Å². The lowest BCUT2D eigenvalue weighted by atomic mass is 10.1. The summed E-state index contributed by atoms with van der Waals surface area (Å²) >= 11 is 3.57. The van der Waals surface area contributed by atoms with Crippen molar-refractivity contribution in [1.29, 1.82) is 0 Å². The van der Waals surface area contributed by atoms with Crippen molar-refractivity contribution in [1.82, 2.24) is 4.90 Å². The summed E-state index contributed by atoms with van der Waals surface area (Å²) in [4.78, 5) is 2.56. The van der Waals surface area contributed by atoms with Gasteiger partial charge in [0.1, 0.15) is 5.75 Å². The lowest BCUT2D eigenvalue weighted by Gasteiger charge is -2.25. The summed E-state index contributed by atoms with van der Waals surface area (Å²) in [5.74, 6) is 2.48. The number of ether oxygens (including phenoxy) is 1. The van der Waals surface area contributed by atoms with Crippen molar-refractivity contribution in [2.75, 3.05) is 20.2 Å². The van der Waals surface area contributed by atoms with Crippen LogP contribution in [0.25, 0.3) is 0 Å². The third-order valence-electron chi connectivity index (χ3n) is 3.68. The molecule has 0 saturated carbocycles. The zero-order valence-corrected chi connectivity index (χ0v) is 15.7. The molecule has 1 aromatic rings. The van der Waals surface area contributed by atoms with E-state index in [1.54, 1.807) is 7.11 Å². The highest BCUT2D eigenvalue weighted by Gasteiger charge is 2.12. The standard InChI is InChI=1S/C18H30BrNO/c1-14(2)8-10-20(11-9-15(3)4)13-16-12-17(19)6-7-18(16)21-5/h6-7,12,14-15H,8-11,13H2,1-5H3. The molecule has 0 unspecified atom stereocenters. The van der Waals surface area contributed by atoms with E-state index < -0.39 is 0 Å². The van der Waals surface area contributed by atoms with Crippen molar-refractivity contribution in [3.8, 4) is 5.75 Å². The first-order chi connectivity index (χ1) is 9.92. The Morgan fingerprint density at radius 3 is 2.10 bits per heavy atom. The van der Waals surface area contributed by atoms with Gasteiger partial charge in [-0.3, -0.25) is 4.90 Å². The third kappa shape index (κ3) is 7.32. The van der Waals surface area contributed by atoms with E-state index >= 15 is 0 Å². The smallest absolute Gasteiger partial charge is 0.123 e. The monoisotopic (exact) mass is 355 g/mol. The Morgan fingerprint density at radius 1 is 1.05 bits per heavy atom. The zero-order chi connectivity index (χ0) is 15.8. The fraction of sp³-hybridized carbons (Fsp3) is 0.667. The van der Waals surface area contributed by atoms with Crippen LogP contribution >= 0.6 is 15.9 Å². The number of hydrogen-bond acceptors (Lipinski definition) is 2. The van der Waals surface area contributed by atoms with Gasteiger partial charge in [-0.1, -0.05) is 43.6 Å². The minimum absolute atomic E-state index is 0.746. The van der Waals surface area contributed by atoms with Crippen molar-refractivity contribution in [2.45, 2.75) is 47.1 Å². The minimum atomic E-state index is 0.746. The Kier molecular flexibility index (Phi) is 8.35. The molecule has 0 aliphatic heterocycles. The average Bonchev–Trinajstić information content (AvgIpc) is 2.41. The zero-order valence-electron chi connectivity index (χ0n) is 14.2. The van der Waals surface area contributed by atoms with Gasteiger partial charge < -0.3 is 4.74 Å². The summed E-state index contributed by atoms with van der Waals surface area (Å²) in [6.45, 7) is 12.4. The first-order valence-electron chi connectivity index (χ1n) is 7.97. The summed E-state index contributed by atoms with van der Waals surface area (Å²) in [5, 5.41) is 0. The van der Waals surface area contributed by atoms with Crippen LogP contribution in [0.2, 0.25) is 0 Å². The van der Waals surface area contributed by atoms with Gasteiger partial charge in [-0.05, 0) is 56.0 Å². The molecule has 0 atom stereocenters. The maximum absolute atomic E-state index is 5.50. The first kappa shape index (κ1) is 18.5. The van der Waals surface area contributed by atoms with Crippen molar-refractivity contribution in [2.24, 2.45) is 11.8 Å². The van der Waals surface area contributed by atoms with E-state index in [-0.39, 0.29) is 0 Å². The number of methoxy groups -OCH3 is 1. The lowest BCUT2D eigenvalue weighted by molar-refractivity contribution is 0.232. The number of hydrogen-bond donors (Lipinski definition) is 0. The molecule has 0 saturated heterocycles. The van der Waals surface area contributed by atoms with Crippen molar-refractivity contribution < 1.29 is 4.74 Å². The largest absolute Gasteiger partial charge is 0.496 e. The van der Waals surface area contributed by atoms with Gasteiger partial charge in [0.15, 0.2) is 0 Å². The molecule has 0 bridgehead atoms. The van der Waals surface area contributed by atoms with Crippen LogP contribution in [0.3, 0.4) is 0 Å². The topological polar surface area (TPSA) is 12.5 Å². The fourth-order valence-corrected chi connectivity index (χ4v) is 2.67. The highest BCUT2D eigenvalue weighted by Crippen LogP contribution is 2.25. The Morgan fingerprint density at radius 2 is 1.62 bits per heavy atom. The quantitative estimate of drug-likeness (QED) is 0.591. The van der Waals surface area contributed by atoms with Crippen LogP contribution in [0.1, 0.15) is 46.1 Å². The molecule has 2 nitrogen and oxygen atoms in total. The molecule has 0 spiro atoms. The van der Waals surface area contributed by atoms with Crippen LogP contribution in [-0.2, 0) is 6.54 Å². The molecule has 0 aliphatic carbocycles. The molecule has 0 aromatic heterocycles. The summed E-state index contributed by atoms with van der Waals surface area (Å²) in [5.41, 5.74) is 1.26. The molecule has 0 fully saturated rings. The van der Waals surface area contributed by atoms with E-state index in [2.05, 4.69) is 54.6 Å². The van der Waals surface area contributed by atoms with Crippen LogP contribution in [0.4, 0.5) is 0 Å². The normalized spacial score (nSPS) is 11.7. The number of benzene rings is 1. The fourth-order valence-electron chi connectivity index (χ4n) is 2.26. The summed E-state index contributed by atoms with van der Waals surface area (Å²) < 4.78 is 6.62. The summed E-state index contributed by atoms with van der Waals surface area (Å²) in [6.07, 6.45) is 2.49. The first-order valence-corrected chi connectivity index (χ1v) is 8.76. The van der Waals surface area contributed by atoms with E-state index in [0.29, 0.717) is 0 Å². The van der Waals surface area contributed by atoms with Crippen molar-refractivity contribution in [3.05, 3.63) is 28.2 Å². The molecule has 1 rings (SSSR count). The van der Waals surface area contributed by atoms with Crippen LogP contribution < -0.4 is 4.74 Å². The molecular weight excluding hydrogens is 326 g/mol. The van der Waals surface area contributed by atoms with E-state index in [1.807, 2.05) is 12.1 Å². The van der Waals surface area contributed by atoms with Gasteiger partial charge in [-0.25, -0.2) is 0 Å². The van der Waals surface area contributed by atoms with E-state index in [4.69, 9.17) is 4.74 Å². The molecular formula is C18H30BrNO. The molecule has 0 N–H and O–H groups in total. The van der Waals surface area contributed by atoms with Crippen molar-refractivity contribution >= 4 is 15.9 Å². The molecule has 21 heavy (non-hydrogen) atoms. The predicted octanol–water partition coefficient (Wildman–Crippen LogP) is 5.35. The lowest BCUT2D eigenvalue weighted by Crippen LogP contribution is -2.27. The van der Waals surface area contributed by atoms with E-state index in [9.17, 15) is 0 Å². The maximum Gasteiger partial charge on any atom is 0.123 e. The van der Waals surface area contributed by atoms with E-state index in [0.717, 1.165) is 41.7 Å². The Labute approximate surface area is 139 Å². The predicted molar refractivity (Wildman–Crippen MR) is 94.9 cm³/mol. The number of nitrogens with zero attached hydrogens (tertiary/aromatic N) is 1. The molecule has 0 heterocycles. The second-order valence-corrected chi connectivity index (χ2v) is 7.51. The highest BCUT2D eigenvalue weighted by molar-refractivity contribution is 9.10. The van der Waals surface area contributed by atoms with Crippen molar-refractivity contribution in [3.63, 3.8) is 0 Å².